The fraction of sp³-hybridized carbons (Fsp3) is 0.714. The van der Waals surface area contributed by atoms with Crippen molar-refractivity contribution in [2.75, 3.05) is 7.05 Å². The smallest absolute Gasteiger partial charge is 0.0255 e. The van der Waals surface area contributed by atoms with E-state index in [0.717, 1.165) is 6.04 Å². The standard InChI is InChI=1S/C7H13N.H2O/c1-7-5-3-4-6-8(7)2;/h4,6-7H,3,5H2,1-2H3;1H2. The lowest BCUT2D eigenvalue weighted by atomic mass is 10.1. The van der Waals surface area contributed by atoms with Crippen LogP contribution in [0.5, 0.6) is 0 Å². The molecule has 0 saturated carbocycles. The largest absolute Gasteiger partial charge is 0.412 e. The van der Waals surface area contributed by atoms with Crippen LogP contribution in [-0.4, -0.2) is 23.5 Å². The Morgan fingerprint density at radius 3 is 2.56 bits per heavy atom. The Kier molecular flexibility index (Phi) is 3.32. The lowest BCUT2D eigenvalue weighted by Crippen LogP contribution is -2.25. The molecule has 0 fully saturated rings. The van der Waals surface area contributed by atoms with Crippen molar-refractivity contribution in [1.82, 2.24) is 4.90 Å². The van der Waals surface area contributed by atoms with Crippen molar-refractivity contribution in [3.8, 4) is 0 Å². The first-order valence-electron chi connectivity index (χ1n) is 3.19. The van der Waals surface area contributed by atoms with Crippen LogP contribution in [0.15, 0.2) is 12.3 Å². The van der Waals surface area contributed by atoms with Crippen LogP contribution in [0.25, 0.3) is 0 Å². The molecule has 0 aliphatic carbocycles. The van der Waals surface area contributed by atoms with E-state index < -0.39 is 0 Å². The summed E-state index contributed by atoms with van der Waals surface area (Å²) in [5, 5.41) is 0. The number of allylic oxidation sites excluding steroid dienone is 1. The van der Waals surface area contributed by atoms with E-state index in [2.05, 4.69) is 31.1 Å². The van der Waals surface area contributed by atoms with Crippen molar-refractivity contribution in [3.63, 3.8) is 0 Å². The van der Waals surface area contributed by atoms with Gasteiger partial charge in [0.2, 0.25) is 0 Å². The van der Waals surface area contributed by atoms with E-state index in [4.69, 9.17) is 0 Å². The van der Waals surface area contributed by atoms with Crippen LogP contribution in [0.4, 0.5) is 0 Å². The summed E-state index contributed by atoms with van der Waals surface area (Å²) in [6, 6.07) is 0.750. The number of nitrogens with zero attached hydrogens (tertiary/aromatic N) is 1. The lowest BCUT2D eigenvalue weighted by molar-refractivity contribution is 0.319. The molecule has 0 spiro atoms. The zero-order valence-corrected chi connectivity index (χ0v) is 6.09. The summed E-state index contributed by atoms with van der Waals surface area (Å²) in [5.74, 6) is 0. The van der Waals surface area contributed by atoms with E-state index in [0.29, 0.717) is 0 Å². The quantitative estimate of drug-likeness (QED) is 0.476. The first-order chi connectivity index (χ1) is 3.80. The summed E-state index contributed by atoms with van der Waals surface area (Å²) in [7, 11) is 2.13. The number of hydrogen-bond donors (Lipinski definition) is 0. The fourth-order valence-electron chi connectivity index (χ4n) is 0.929. The molecule has 0 aromatic heterocycles. The van der Waals surface area contributed by atoms with Crippen molar-refractivity contribution >= 4 is 0 Å². The molecule has 2 nitrogen and oxygen atoms in total. The average Bonchev–Trinajstić information content (AvgIpc) is 1.77. The van der Waals surface area contributed by atoms with Gasteiger partial charge in [-0.2, -0.15) is 0 Å². The Hall–Kier alpha value is -0.500. The summed E-state index contributed by atoms with van der Waals surface area (Å²) in [5.41, 5.74) is 0. The van der Waals surface area contributed by atoms with E-state index in [-0.39, 0.29) is 5.48 Å². The van der Waals surface area contributed by atoms with Gasteiger partial charge in [0.1, 0.15) is 0 Å². The zero-order valence-electron chi connectivity index (χ0n) is 6.09. The third-order valence-electron chi connectivity index (χ3n) is 1.79. The van der Waals surface area contributed by atoms with E-state index in [9.17, 15) is 0 Å². The van der Waals surface area contributed by atoms with Gasteiger partial charge in [-0.25, -0.2) is 0 Å². The Morgan fingerprint density at radius 1 is 1.56 bits per heavy atom. The van der Waals surface area contributed by atoms with Crippen LogP contribution in [-0.2, 0) is 0 Å². The Bertz CT molecular complexity index is 101. The monoisotopic (exact) mass is 129 g/mol. The highest BCUT2D eigenvalue weighted by Gasteiger charge is 2.06. The molecule has 1 unspecified atom stereocenters. The van der Waals surface area contributed by atoms with Gasteiger partial charge in [-0.15, -0.1) is 0 Å². The molecule has 1 atom stereocenters. The van der Waals surface area contributed by atoms with Crippen molar-refractivity contribution in [1.29, 1.82) is 0 Å². The topological polar surface area (TPSA) is 34.7 Å². The highest BCUT2D eigenvalue weighted by Crippen LogP contribution is 2.10. The van der Waals surface area contributed by atoms with Crippen molar-refractivity contribution in [2.24, 2.45) is 0 Å². The van der Waals surface area contributed by atoms with Gasteiger partial charge < -0.3 is 10.4 Å². The average molecular weight is 129 g/mol. The van der Waals surface area contributed by atoms with Gasteiger partial charge in [0.15, 0.2) is 0 Å². The molecule has 1 aliphatic heterocycles. The molecule has 54 valence electrons. The summed E-state index contributed by atoms with van der Waals surface area (Å²) < 4.78 is 0. The van der Waals surface area contributed by atoms with Gasteiger partial charge in [0.05, 0.1) is 0 Å². The second-order valence-electron chi connectivity index (χ2n) is 2.48. The molecule has 1 aliphatic rings. The molecule has 2 heteroatoms. The van der Waals surface area contributed by atoms with Gasteiger partial charge in [-0.05, 0) is 26.0 Å². The summed E-state index contributed by atoms with van der Waals surface area (Å²) in [4.78, 5) is 2.25. The third kappa shape index (κ3) is 2.06. The molecule has 9 heavy (non-hydrogen) atoms. The first kappa shape index (κ1) is 8.50. The second kappa shape index (κ2) is 3.51. The Labute approximate surface area is 56.5 Å². The van der Waals surface area contributed by atoms with E-state index >= 15 is 0 Å². The molecule has 0 bridgehead atoms. The molecule has 0 saturated heterocycles. The minimum absolute atomic E-state index is 0. The van der Waals surface area contributed by atoms with Crippen LogP contribution in [0.3, 0.4) is 0 Å². The summed E-state index contributed by atoms with van der Waals surface area (Å²) >= 11 is 0. The van der Waals surface area contributed by atoms with E-state index in [1.165, 1.54) is 12.8 Å². The van der Waals surface area contributed by atoms with Crippen LogP contribution >= 0.6 is 0 Å². The highest BCUT2D eigenvalue weighted by atomic mass is 16.0. The number of hydrogen-bond acceptors (Lipinski definition) is 1. The Morgan fingerprint density at radius 2 is 2.22 bits per heavy atom. The van der Waals surface area contributed by atoms with E-state index in [1.54, 1.807) is 0 Å². The first-order valence-corrected chi connectivity index (χ1v) is 3.19. The molecule has 2 N–H and O–H groups in total. The van der Waals surface area contributed by atoms with Crippen LogP contribution in [0.2, 0.25) is 0 Å². The minimum Gasteiger partial charge on any atom is -0.412 e. The van der Waals surface area contributed by atoms with Crippen LogP contribution in [0.1, 0.15) is 19.8 Å². The van der Waals surface area contributed by atoms with Crippen molar-refractivity contribution < 1.29 is 5.48 Å². The molecule has 1 rings (SSSR count). The molecule has 0 radical (unpaired) electrons. The van der Waals surface area contributed by atoms with Gasteiger partial charge in [-0.1, -0.05) is 6.08 Å². The van der Waals surface area contributed by atoms with Crippen LogP contribution in [0, 0.1) is 0 Å². The molecular weight excluding hydrogens is 114 g/mol. The summed E-state index contributed by atoms with van der Waals surface area (Å²) in [6.45, 7) is 2.25. The predicted molar refractivity (Wildman–Crippen MR) is 39.2 cm³/mol. The van der Waals surface area contributed by atoms with Gasteiger partial charge in [-0.3, -0.25) is 0 Å². The van der Waals surface area contributed by atoms with Gasteiger partial charge >= 0.3 is 0 Å². The zero-order chi connectivity index (χ0) is 5.98. The fourth-order valence-corrected chi connectivity index (χ4v) is 0.929. The molecule has 0 aromatic carbocycles. The minimum atomic E-state index is 0. The predicted octanol–water partition coefficient (Wildman–Crippen LogP) is 0.789. The SMILES string of the molecule is CC1CCC=CN1C.O. The van der Waals surface area contributed by atoms with Crippen molar-refractivity contribution in [2.45, 2.75) is 25.8 Å². The molecule has 1 heterocycles. The maximum atomic E-state index is 2.25. The van der Waals surface area contributed by atoms with Gasteiger partial charge in [0.25, 0.3) is 0 Å². The third-order valence-corrected chi connectivity index (χ3v) is 1.79. The maximum absolute atomic E-state index is 2.25. The van der Waals surface area contributed by atoms with Crippen molar-refractivity contribution in [3.05, 3.63) is 12.3 Å². The molecule has 0 aromatic rings. The Balaban J connectivity index is 0.000000640. The molecular formula is C7H15NO. The van der Waals surface area contributed by atoms with Crippen LogP contribution < -0.4 is 0 Å². The normalized spacial score (nSPS) is 25.6. The van der Waals surface area contributed by atoms with E-state index in [1.807, 2.05) is 0 Å². The molecule has 0 amide bonds. The van der Waals surface area contributed by atoms with Gasteiger partial charge in [0, 0.05) is 13.1 Å². The highest BCUT2D eigenvalue weighted by molar-refractivity contribution is 4.89. The lowest BCUT2D eigenvalue weighted by Gasteiger charge is -2.25. The maximum Gasteiger partial charge on any atom is 0.0255 e. The number of rotatable bonds is 0. The second-order valence-corrected chi connectivity index (χ2v) is 2.48. The summed E-state index contributed by atoms with van der Waals surface area (Å²) in [6.07, 6.45) is 6.95.